The van der Waals surface area contributed by atoms with Gasteiger partial charge in [-0.1, -0.05) is 43.7 Å². The summed E-state index contributed by atoms with van der Waals surface area (Å²) >= 11 is 0. The number of hydrogen-bond donors (Lipinski definition) is 2. The van der Waals surface area contributed by atoms with Crippen LogP contribution in [0.2, 0.25) is 0 Å². The summed E-state index contributed by atoms with van der Waals surface area (Å²) in [6.45, 7) is 8.88. The number of carbonyl (C=O) groups excluding carboxylic acids is 1. The van der Waals surface area contributed by atoms with E-state index < -0.39 is 0 Å². The number of rotatable bonds is 9. The molecule has 1 rings (SSSR count). The molecule has 2 N–H and O–H groups in total. The third-order valence-corrected chi connectivity index (χ3v) is 3.74. The summed E-state index contributed by atoms with van der Waals surface area (Å²) in [5.74, 6) is 0.0868. The van der Waals surface area contributed by atoms with Gasteiger partial charge in [0.1, 0.15) is 0 Å². The van der Waals surface area contributed by atoms with Crippen LogP contribution >= 0.6 is 0 Å². The van der Waals surface area contributed by atoms with E-state index in [2.05, 4.69) is 62.6 Å². The van der Waals surface area contributed by atoms with Gasteiger partial charge in [-0.15, -0.1) is 0 Å². The predicted octanol–water partition coefficient (Wildman–Crippen LogP) is 3.29. The maximum Gasteiger partial charge on any atom is 0.234 e. The number of nitrogens with one attached hydrogen (secondary N) is 2. The summed E-state index contributed by atoms with van der Waals surface area (Å²) in [5, 5.41) is 6.39. The van der Waals surface area contributed by atoms with Crippen LogP contribution in [0.15, 0.2) is 30.3 Å². The van der Waals surface area contributed by atoms with E-state index in [4.69, 9.17) is 0 Å². The quantitative estimate of drug-likeness (QED) is 0.732. The Balaban J connectivity index is 2.30. The smallest absolute Gasteiger partial charge is 0.234 e. The van der Waals surface area contributed by atoms with Crippen LogP contribution in [-0.2, 0) is 11.2 Å². The molecule has 0 aliphatic heterocycles. The molecule has 0 saturated heterocycles. The van der Waals surface area contributed by atoms with Gasteiger partial charge in [0.25, 0.3) is 0 Å². The molecule has 0 heterocycles. The fourth-order valence-electron chi connectivity index (χ4n) is 2.34. The van der Waals surface area contributed by atoms with Crippen molar-refractivity contribution in [2.24, 2.45) is 0 Å². The first-order valence-electron chi connectivity index (χ1n) is 8.01. The van der Waals surface area contributed by atoms with Crippen molar-refractivity contribution in [1.82, 2.24) is 10.6 Å². The van der Waals surface area contributed by atoms with Crippen LogP contribution in [-0.4, -0.2) is 24.0 Å². The third kappa shape index (κ3) is 7.86. The second-order valence-electron chi connectivity index (χ2n) is 6.48. The number of benzene rings is 1. The molecule has 118 valence electrons. The SMILES string of the molecule is CCCC(C)NC(=O)CNC(C)(C)CCc1ccccc1. The van der Waals surface area contributed by atoms with Crippen molar-refractivity contribution in [2.45, 2.75) is 65.0 Å². The molecule has 0 fully saturated rings. The van der Waals surface area contributed by atoms with Crippen LogP contribution in [0.25, 0.3) is 0 Å². The van der Waals surface area contributed by atoms with E-state index in [0.717, 1.165) is 25.7 Å². The molecule has 0 aromatic heterocycles. The molecule has 3 nitrogen and oxygen atoms in total. The monoisotopic (exact) mass is 290 g/mol. The zero-order valence-corrected chi connectivity index (χ0v) is 13.9. The second kappa shape index (κ2) is 8.83. The second-order valence-corrected chi connectivity index (χ2v) is 6.48. The molecule has 1 unspecified atom stereocenters. The van der Waals surface area contributed by atoms with Crippen LogP contribution in [0, 0.1) is 0 Å². The summed E-state index contributed by atoms with van der Waals surface area (Å²) in [6.07, 6.45) is 4.16. The Morgan fingerprint density at radius 1 is 1.24 bits per heavy atom. The maximum atomic E-state index is 11.9. The van der Waals surface area contributed by atoms with E-state index in [1.165, 1.54) is 5.56 Å². The topological polar surface area (TPSA) is 41.1 Å². The Kier molecular flexibility index (Phi) is 7.44. The van der Waals surface area contributed by atoms with E-state index in [1.54, 1.807) is 0 Å². The molecular formula is C18H30N2O. The Hall–Kier alpha value is -1.35. The highest BCUT2D eigenvalue weighted by Crippen LogP contribution is 2.13. The van der Waals surface area contributed by atoms with Crippen molar-refractivity contribution in [2.75, 3.05) is 6.54 Å². The minimum Gasteiger partial charge on any atom is -0.353 e. The average molecular weight is 290 g/mol. The molecule has 1 amide bonds. The average Bonchev–Trinajstić information content (AvgIpc) is 2.45. The zero-order chi connectivity index (χ0) is 15.7. The van der Waals surface area contributed by atoms with Crippen LogP contribution < -0.4 is 10.6 Å². The molecular weight excluding hydrogens is 260 g/mol. The molecule has 0 bridgehead atoms. The molecule has 0 aliphatic carbocycles. The van der Waals surface area contributed by atoms with Gasteiger partial charge in [-0.05, 0) is 45.6 Å². The summed E-state index contributed by atoms with van der Waals surface area (Å²) in [4.78, 5) is 11.9. The number of carbonyl (C=O) groups is 1. The molecule has 0 radical (unpaired) electrons. The minimum absolute atomic E-state index is 0.0405. The van der Waals surface area contributed by atoms with E-state index in [9.17, 15) is 4.79 Å². The van der Waals surface area contributed by atoms with Gasteiger partial charge in [-0.2, -0.15) is 0 Å². The number of aryl methyl sites for hydroxylation is 1. The van der Waals surface area contributed by atoms with Gasteiger partial charge in [-0.25, -0.2) is 0 Å². The summed E-state index contributed by atoms with van der Waals surface area (Å²) < 4.78 is 0. The van der Waals surface area contributed by atoms with Crippen molar-refractivity contribution in [3.63, 3.8) is 0 Å². The molecule has 3 heteroatoms. The van der Waals surface area contributed by atoms with Gasteiger partial charge in [-0.3, -0.25) is 4.79 Å². The fourth-order valence-corrected chi connectivity index (χ4v) is 2.34. The van der Waals surface area contributed by atoms with Crippen LogP contribution in [0.3, 0.4) is 0 Å². The van der Waals surface area contributed by atoms with Crippen LogP contribution in [0.5, 0.6) is 0 Å². The fraction of sp³-hybridized carbons (Fsp3) is 0.611. The van der Waals surface area contributed by atoms with Crippen molar-refractivity contribution in [1.29, 1.82) is 0 Å². The maximum absolute atomic E-state index is 11.9. The van der Waals surface area contributed by atoms with E-state index >= 15 is 0 Å². The number of hydrogen-bond acceptors (Lipinski definition) is 2. The first-order chi connectivity index (χ1) is 9.93. The van der Waals surface area contributed by atoms with Crippen molar-refractivity contribution in [3.05, 3.63) is 35.9 Å². The predicted molar refractivity (Wildman–Crippen MR) is 89.4 cm³/mol. The summed E-state index contributed by atoms with van der Waals surface area (Å²) in [5.41, 5.74) is 1.30. The Morgan fingerprint density at radius 2 is 1.90 bits per heavy atom. The molecule has 1 aromatic rings. The third-order valence-electron chi connectivity index (χ3n) is 3.74. The molecule has 0 spiro atoms. The van der Waals surface area contributed by atoms with Crippen molar-refractivity contribution in [3.8, 4) is 0 Å². The van der Waals surface area contributed by atoms with Crippen LogP contribution in [0.1, 0.15) is 52.5 Å². The molecule has 1 aromatic carbocycles. The van der Waals surface area contributed by atoms with Gasteiger partial charge >= 0.3 is 0 Å². The Bertz CT molecular complexity index is 414. The van der Waals surface area contributed by atoms with Gasteiger partial charge in [0.05, 0.1) is 6.54 Å². The van der Waals surface area contributed by atoms with Crippen molar-refractivity contribution < 1.29 is 4.79 Å². The van der Waals surface area contributed by atoms with E-state index in [-0.39, 0.29) is 17.5 Å². The highest BCUT2D eigenvalue weighted by atomic mass is 16.1. The molecule has 0 saturated carbocycles. The van der Waals surface area contributed by atoms with E-state index in [0.29, 0.717) is 6.54 Å². The lowest BCUT2D eigenvalue weighted by Gasteiger charge is -2.26. The standard InChI is InChI=1S/C18H30N2O/c1-5-9-15(2)20-17(21)14-19-18(3,4)13-12-16-10-7-6-8-11-16/h6-8,10-11,15,19H,5,9,12-14H2,1-4H3,(H,20,21). The van der Waals surface area contributed by atoms with Gasteiger partial charge in [0, 0.05) is 11.6 Å². The normalized spacial score (nSPS) is 13.0. The first-order valence-corrected chi connectivity index (χ1v) is 8.01. The Labute approximate surface area is 129 Å². The van der Waals surface area contributed by atoms with Crippen molar-refractivity contribution >= 4 is 5.91 Å². The van der Waals surface area contributed by atoms with Gasteiger partial charge in [0.2, 0.25) is 5.91 Å². The summed E-state index contributed by atoms with van der Waals surface area (Å²) in [6, 6.07) is 10.7. The lowest BCUT2D eigenvalue weighted by Crippen LogP contribution is -2.47. The van der Waals surface area contributed by atoms with Gasteiger partial charge in [0.15, 0.2) is 0 Å². The summed E-state index contributed by atoms with van der Waals surface area (Å²) in [7, 11) is 0. The lowest BCUT2D eigenvalue weighted by atomic mass is 9.95. The highest BCUT2D eigenvalue weighted by molar-refractivity contribution is 5.78. The zero-order valence-electron chi connectivity index (χ0n) is 13.9. The number of amides is 1. The Morgan fingerprint density at radius 3 is 2.52 bits per heavy atom. The van der Waals surface area contributed by atoms with Crippen LogP contribution in [0.4, 0.5) is 0 Å². The molecule has 1 atom stereocenters. The minimum atomic E-state index is -0.0405. The van der Waals surface area contributed by atoms with Gasteiger partial charge < -0.3 is 10.6 Å². The molecule has 0 aliphatic rings. The highest BCUT2D eigenvalue weighted by Gasteiger charge is 2.18. The largest absolute Gasteiger partial charge is 0.353 e. The van der Waals surface area contributed by atoms with E-state index in [1.807, 2.05) is 6.07 Å². The molecule has 21 heavy (non-hydrogen) atoms. The first kappa shape index (κ1) is 17.7. The lowest BCUT2D eigenvalue weighted by molar-refractivity contribution is -0.121.